The Kier molecular flexibility index (Phi) is 4.88. The van der Waals surface area contributed by atoms with Gasteiger partial charge in [0, 0.05) is 20.8 Å². The molecule has 19 heavy (non-hydrogen) atoms. The van der Waals surface area contributed by atoms with Gasteiger partial charge in [0.15, 0.2) is 0 Å². The quantitative estimate of drug-likeness (QED) is 0.336. The normalized spacial score (nSPS) is 47.4. The molecule has 5 atom stereocenters. The van der Waals surface area contributed by atoms with Gasteiger partial charge in [0.25, 0.3) is 17.4 Å². The Morgan fingerprint density at radius 2 is 1.68 bits per heavy atom. The molecule has 0 aromatic carbocycles. The predicted octanol–water partition coefficient (Wildman–Crippen LogP) is -2.91. The monoisotopic (exact) mass is 284 g/mol. The van der Waals surface area contributed by atoms with E-state index in [4.69, 9.17) is 14.2 Å². The van der Waals surface area contributed by atoms with Crippen molar-refractivity contribution in [1.82, 2.24) is 0 Å². The van der Waals surface area contributed by atoms with Crippen LogP contribution in [0.2, 0.25) is 0 Å². The first-order valence-electron chi connectivity index (χ1n) is 5.63. The van der Waals surface area contributed by atoms with Gasteiger partial charge >= 0.3 is 0 Å². The summed E-state index contributed by atoms with van der Waals surface area (Å²) in [5.41, 5.74) is 0. The van der Waals surface area contributed by atoms with Crippen molar-refractivity contribution in [2.75, 3.05) is 27.4 Å². The third kappa shape index (κ3) is 2.07. The van der Waals surface area contributed by atoms with Crippen LogP contribution in [0.25, 0.3) is 0 Å². The summed E-state index contributed by atoms with van der Waals surface area (Å²) in [5.74, 6) is -8.37. The molecule has 114 valence electrons. The molecule has 0 aliphatic carbocycles. The topological polar surface area (TPSA) is 138 Å². The Labute approximate surface area is 109 Å². The summed E-state index contributed by atoms with van der Waals surface area (Å²) in [4.78, 5) is 0. The van der Waals surface area contributed by atoms with E-state index < -0.39 is 36.4 Å². The van der Waals surface area contributed by atoms with Crippen LogP contribution in [0.15, 0.2) is 0 Å². The standard InChI is InChI=1S/C10H20O9/c1-4-18-8(13)6(5-11)19-7(12)9(14,16-2)10(8,15)17-3/h6-7,11-15H,4-5H2,1-3H3/t6-,7?,8+,9-,10-/m1/s1. The highest BCUT2D eigenvalue weighted by molar-refractivity contribution is 5.06. The van der Waals surface area contributed by atoms with Crippen LogP contribution in [-0.4, -0.2) is 82.7 Å². The minimum absolute atomic E-state index is 0.0993. The summed E-state index contributed by atoms with van der Waals surface area (Å²) in [5, 5.41) is 49.8. The maximum Gasteiger partial charge on any atom is 0.285 e. The summed E-state index contributed by atoms with van der Waals surface area (Å²) < 4.78 is 19.1. The zero-order valence-corrected chi connectivity index (χ0v) is 10.9. The lowest BCUT2D eigenvalue weighted by atomic mass is 9.87. The van der Waals surface area contributed by atoms with Crippen LogP contribution in [0.3, 0.4) is 0 Å². The molecule has 0 radical (unpaired) electrons. The van der Waals surface area contributed by atoms with Crippen LogP contribution in [0.1, 0.15) is 6.92 Å². The molecule has 0 saturated carbocycles. The summed E-state index contributed by atoms with van der Waals surface area (Å²) in [6.07, 6.45) is -3.65. The first-order chi connectivity index (χ1) is 8.77. The van der Waals surface area contributed by atoms with E-state index in [1.165, 1.54) is 6.92 Å². The van der Waals surface area contributed by atoms with Crippen LogP contribution < -0.4 is 0 Å². The number of ether oxygens (including phenoxy) is 4. The fourth-order valence-corrected chi connectivity index (χ4v) is 2.09. The number of rotatable bonds is 5. The van der Waals surface area contributed by atoms with Crippen LogP contribution in [0.5, 0.6) is 0 Å². The molecular weight excluding hydrogens is 264 g/mol. The first-order valence-corrected chi connectivity index (χ1v) is 5.63. The lowest BCUT2D eigenvalue weighted by molar-refractivity contribution is -0.546. The number of hydrogen-bond acceptors (Lipinski definition) is 9. The van der Waals surface area contributed by atoms with Gasteiger partial charge in [-0.3, -0.25) is 0 Å². The lowest BCUT2D eigenvalue weighted by Crippen LogP contribution is -2.82. The molecule has 1 aliphatic heterocycles. The third-order valence-corrected chi connectivity index (χ3v) is 3.17. The van der Waals surface area contributed by atoms with E-state index in [1.54, 1.807) is 0 Å². The SMILES string of the molecule is CCO[C@@]1(O)[C@@H](CO)OC(O)[C@@](O)(OC)[C@]1(O)OC. The largest absolute Gasteiger partial charge is 0.393 e. The lowest BCUT2D eigenvalue weighted by Gasteiger charge is -2.56. The maximum absolute atomic E-state index is 10.4. The number of methoxy groups -OCH3 is 2. The molecular formula is C10H20O9. The summed E-state index contributed by atoms with van der Waals surface area (Å²) in [6, 6.07) is 0. The van der Waals surface area contributed by atoms with Gasteiger partial charge in [-0.2, -0.15) is 0 Å². The summed E-state index contributed by atoms with van der Waals surface area (Å²) in [6.45, 7) is 0.594. The van der Waals surface area contributed by atoms with Crippen molar-refractivity contribution < 1.29 is 44.5 Å². The van der Waals surface area contributed by atoms with Gasteiger partial charge in [-0.05, 0) is 6.92 Å². The van der Waals surface area contributed by atoms with Gasteiger partial charge in [0.2, 0.25) is 6.29 Å². The predicted molar refractivity (Wildman–Crippen MR) is 58.5 cm³/mol. The molecule has 5 N–H and O–H groups in total. The van der Waals surface area contributed by atoms with Crippen molar-refractivity contribution >= 4 is 0 Å². The zero-order valence-electron chi connectivity index (χ0n) is 10.9. The van der Waals surface area contributed by atoms with Gasteiger partial charge in [-0.1, -0.05) is 0 Å². The second-order valence-corrected chi connectivity index (χ2v) is 4.04. The van der Waals surface area contributed by atoms with Gasteiger partial charge < -0.3 is 44.5 Å². The first kappa shape index (κ1) is 16.7. The van der Waals surface area contributed by atoms with E-state index in [0.717, 1.165) is 14.2 Å². The second kappa shape index (κ2) is 5.56. The average Bonchev–Trinajstić information content (AvgIpc) is 2.40. The molecule has 9 heteroatoms. The van der Waals surface area contributed by atoms with E-state index in [0.29, 0.717) is 0 Å². The highest BCUT2D eigenvalue weighted by Gasteiger charge is 2.75. The molecule has 1 unspecified atom stereocenters. The number of aliphatic hydroxyl groups is 5. The van der Waals surface area contributed by atoms with Crippen molar-refractivity contribution in [2.24, 2.45) is 0 Å². The molecule has 1 heterocycles. The van der Waals surface area contributed by atoms with E-state index in [-0.39, 0.29) is 6.61 Å². The Hall–Kier alpha value is -0.360. The van der Waals surface area contributed by atoms with Crippen molar-refractivity contribution in [1.29, 1.82) is 0 Å². The molecule has 0 aromatic rings. The molecule has 1 saturated heterocycles. The fourth-order valence-electron chi connectivity index (χ4n) is 2.09. The molecule has 0 aromatic heterocycles. The van der Waals surface area contributed by atoms with Crippen molar-refractivity contribution in [2.45, 2.75) is 36.7 Å². The van der Waals surface area contributed by atoms with Gasteiger partial charge in [0.05, 0.1) is 6.61 Å². The summed E-state index contributed by atoms with van der Waals surface area (Å²) >= 11 is 0. The van der Waals surface area contributed by atoms with E-state index in [2.05, 4.69) is 4.74 Å². The Bertz CT molecular complexity index is 313. The van der Waals surface area contributed by atoms with Gasteiger partial charge in [-0.15, -0.1) is 0 Å². The van der Waals surface area contributed by atoms with Crippen LogP contribution >= 0.6 is 0 Å². The summed E-state index contributed by atoms with van der Waals surface area (Å²) in [7, 11) is 1.92. The van der Waals surface area contributed by atoms with E-state index >= 15 is 0 Å². The fraction of sp³-hybridized carbons (Fsp3) is 1.00. The Balaban J connectivity index is 3.37. The van der Waals surface area contributed by atoms with E-state index in [9.17, 15) is 25.5 Å². The highest BCUT2D eigenvalue weighted by atomic mass is 16.8. The zero-order chi connectivity index (χ0) is 14.9. The van der Waals surface area contributed by atoms with Crippen LogP contribution in [-0.2, 0) is 18.9 Å². The Morgan fingerprint density at radius 1 is 1.11 bits per heavy atom. The van der Waals surface area contributed by atoms with Crippen LogP contribution in [0, 0.1) is 0 Å². The molecule has 1 rings (SSSR count). The number of hydrogen-bond donors (Lipinski definition) is 5. The minimum Gasteiger partial charge on any atom is -0.393 e. The van der Waals surface area contributed by atoms with Crippen molar-refractivity contribution in [3.8, 4) is 0 Å². The van der Waals surface area contributed by atoms with Crippen molar-refractivity contribution in [3.63, 3.8) is 0 Å². The Morgan fingerprint density at radius 3 is 2.05 bits per heavy atom. The molecule has 0 spiro atoms. The number of aliphatic hydroxyl groups excluding tert-OH is 2. The van der Waals surface area contributed by atoms with E-state index in [1.807, 2.05) is 0 Å². The highest BCUT2D eigenvalue weighted by Crippen LogP contribution is 2.45. The molecule has 9 nitrogen and oxygen atoms in total. The third-order valence-electron chi connectivity index (χ3n) is 3.17. The molecule has 0 bridgehead atoms. The second-order valence-electron chi connectivity index (χ2n) is 4.04. The van der Waals surface area contributed by atoms with Crippen LogP contribution in [0.4, 0.5) is 0 Å². The van der Waals surface area contributed by atoms with Crippen molar-refractivity contribution in [3.05, 3.63) is 0 Å². The molecule has 1 aliphatic rings. The van der Waals surface area contributed by atoms with Gasteiger partial charge in [0.1, 0.15) is 6.10 Å². The molecule has 0 amide bonds. The van der Waals surface area contributed by atoms with Gasteiger partial charge in [-0.25, -0.2) is 0 Å². The average molecular weight is 284 g/mol. The molecule has 1 fully saturated rings. The maximum atomic E-state index is 10.4. The smallest absolute Gasteiger partial charge is 0.285 e. The minimum atomic E-state index is -2.89.